The average Bonchev–Trinajstić information content (AvgIpc) is 2.44. The SMILES string of the molecule is COC1=CCC2CCCN12. The fourth-order valence-electron chi connectivity index (χ4n) is 1.93. The van der Waals surface area contributed by atoms with Gasteiger partial charge in [-0.05, 0) is 25.3 Å². The van der Waals surface area contributed by atoms with Gasteiger partial charge in [0, 0.05) is 12.6 Å². The molecule has 0 aromatic rings. The van der Waals surface area contributed by atoms with Gasteiger partial charge in [-0.1, -0.05) is 0 Å². The molecule has 2 nitrogen and oxygen atoms in total. The van der Waals surface area contributed by atoms with Crippen LogP contribution in [0.5, 0.6) is 0 Å². The molecule has 2 aliphatic rings. The van der Waals surface area contributed by atoms with E-state index in [1.165, 1.54) is 25.8 Å². The number of hydrogen-bond donors (Lipinski definition) is 0. The standard InChI is InChI=1S/C8H13NO/c1-10-8-5-4-7-3-2-6-9(7)8/h5,7H,2-4,6H2,1H3. The van der Waals surface area contributed by atoms with Gasteiger partial charge in [-0.15, -0.1) is 0 Å². The Kier molecular flexibility index (Phi) is 1.33. The molecule has 1 saturated heterocycles. The Hall–Kier alpha value is -0.660. The first kappa shape index (κ1) is 6.08. The van der Waals surface area contributed by atoms with Crippen molar-refractivity contribution >= 4 is 0 Å². The molecular weight excluding hydrogens is 126 g/mol. The van der Waals surface area contributed by atoms with E-state index in [1.54, 1.807) is 7.11 Å². The third-order valence-corrected chi connectivity index (χ3v) is 2.43. The normalized spacial score (nSPS) is 30.3. The lowest BCUT2D eigenvalue weighted by atomic mass is 10.2. The maximum atomic E-state index is 5.21. The summed E-state index contributed by atoms with van der Waals surface area (Å²) in [5.41, 5.74) is 0. The largest absolute Gasteiger partial charge is 0.483 e. The van der Waals surface area contributed by atoms with Crippen LogP contribution in [-0.2, 0) is 4.74 Å². The summed E-state index contributed by atoms with van der Waals surface area (Å²) in [5.74, 6) is 1.10. The Bertz CT molecular complexity index is 165. The molecule has 10 heavy (non-hydrogen) atoms. The van der Waals surface area contributed by atoms with Crippen LogP contribution >= 0.6 is 0 Å². The fraction of sp³-hybridized carbons (Fsp3) is 0.750. The molecule has 0 bridgehead atoms. The van der Waals surface area contributed by atoms with Crippen LogP contribution in [0.25, 0.3) is 0 Å². The highest BCUT2D eigenvalue weighted by atomic mass is 16.5. The average molecular weight is 139 g/mol. The molecule has 1 unspecified atom stereocenters. The summed E-state index contributed by atoms with van der Waals surface area (Å²) in [6, 6.07) is 0.773. The van der Waals surface area contributed by atoms with Crippen LogP contribution in [0.2, 0.25) is 0 Å². The Morgan fingerprint density at radius 1 is 1.70 bits per heavy atom. The van der Waals surface area contributed by atoms with Gasteiger partial charge in [0.25, 0.3) is 0 Å². The van der Waals surface area contributed by atoms with Crippen molar-refractivity contribution in [2.24, 2.45) is 0 Å². The zero-order valence-electron chi connectivity index (χ0n) is 6.34. The Morgan fingerprint density at radius 3 is 3.40 bits per heavy atom. The molecule has 0 aromatic carbocycles. The van der Waals surface area contributed by atoms with Crippen molar-refractivity contribution in [1.29, 1.82) is 0 Å². The fourth-order valence-corrected chi connectivity index (χ4v) is 1.93. The lowest BCUT2D eigenvalue weighted by molar-refractivity contribution is 0.163. The maximum Gasteiger partial charge on any atom is 0.185 e. The first-order valence-corrected chi connectivity index (χ1v) is 3.92. The van der Waals surface area contributed by atoms with Crippen molar-refractivity contribution in [3.8, 4) is 0 Å². The van der Waals surface area contributed by atoms with E-state index in [2.05, 4.69) is 11.0 Å². The molecule has 56 valence electrons. The van der Waals surface area contributed by atoms with Gasteiger partial charge in [0.1, 0.15) is 0 Å². The number of nitrogens with zero attached hydrogens (tertiary/aromatic N) is 1. The van der Waals surface area contributed by atoms with Crippen LogP contribution in [0.3, 0.4) is 0 Å². The molecule has 0 radical (unpaired) electrons. The first-order valence-electron chi connectivity index (χ1n) is 3.92. The van der Waals surface area contributed by atoms with Gasteiger partial charge in [0.15, 0.2) is 5.88 Å². The van der Waals surface area contributed by atoms with E-state index in [0.29, 0.717) is 0 Å². The molecule has 0 aliphatic carbocycles. The summed E-state index contributed by atoms with van der Waals surface area (Å²) in [5, 5.41) is 0. The van der Waals surface area contributed by atoms with Crippen LogP contribution < -0.4 is 0 Å². The number of fused-ring (bicyclic) bond motifs is 1. The lowest BCUT2D eigenvalue weighted by Crippen LogP contribution is -2.23. The highest BCUT2D eigenvalue weighted by Crippen LogP contribution is 2.30. The second kappa shape index (κ2) is 2.19. The highest BCUT2D eigenvalue weighted by molar-refractivity contribution is 5.07. The highest BCUT2D eigenvalue weighted by Gasteiger charge is 2.30. The summed E-state index contributed by atoms with van der Waals surface area (Å²) < 4.78 is 5.21. The molecule has 0 spiro atoms. The second-order valence-corrected chi connectivity index (χ2v) is 2.97. The Labute approximate surface area is 61.5 Å². The van der Waals surface area contributed by atoms with Crippen LogP contribution in [0.1, 0.15) is 19.3 Å². The van der Waals surface area contributed by atoms with Crippen molar-refractivity contribution in [2.75, 3.05) is 13.7 Å². The number of ether oxygens (including phenoxy) is 1. The molecule has 2 rings (SSSR count). The predicted octanol–water partition coefficient (Wildman–Crippen LogP) is 1.34. The van der Waals surface area contributed by atoms with E-state index in [0.717, 1.165) is 11.9 Å². The smallest absolute Gasteiger partial charge is 0.185 e. The van der Waals surface area contributed by atoms with Crippen molar-refractivity contribution in [2.45, 2.75) is 25.3 Å². The predicted molar refractivity (Wildman–Crippen MR) is 39.4 cm³/mol. The van der Waals surface area contributed by atoms with Crippen LogP contribution in [0.15, 0.2) is 12.0 Å². The summed E-state index contributed by atoms with van der Waals surface area (Å²) in [7, 11) is 1.76. The molecule has 0 aromatic heterocycles. The van der Waals surface area contributed by atoms with E-state index in [1.807, 2.05) is 0 Å². The Balaban J connectivity index is 2.10. The Morgan fingerprint density at radius 2 is 2.60 bits per heavy atom. The molecule has 0 amide bonds. The van der Waals surface area contributed by atoms with Crippen molar-refractivity contribution < 1.29 is 4.74 Å². The van der Waals surface area contributed by atoms with Crippen LogP contribution in [0, 0.1) is 0 Å². The molecule has 2 heteroatoms. The zero-order valence-corrected chi connectivity index (χ0v) is 6.34. The zero-order chi connectivity index (χ0) is 6.97. The van der Waals surface area contributed by atoms with E-state index in [4.69, 9.17) is 4.74 Å². The van der Waals surface area contributed by atoms with Crippen molar-refractivity contribution in [3.05, 3.63) is 12.0 Å². The van der Waals surface area contributed by atoms with E-state index in [-0.39, 0.29) is 0 Å². The number of hydrogen-bond acceptors (Lipinski definition) is 2. The molecule has 1 fully saturated rings. The van der Waals surface area contributed by atoms with E-state index < -0.39 is 0 Å². The summed E-state index contributed by atoms with van der Waals surface area (Å²) in [6.07, 6.45) is 6.09. The van der Waals surface area contributed by atoms with Crippen LogP contribution in [-0.4, -0.2) is 24.6 Å². The van der Waals surface area contributed by atoms with Gasteiger partial charge >= 0.3 is 0 Å². The van der Waals surface area contributed by atoms with Crippen molar-refractivity contribution in [1.82, 2.24) is 4.90 Å². The van der Waals surface area contributed by atoms with Gasteiger partial charge in [0.2, 0.25) is 0 Å². The minimum atomic E-state index is 0.773. The summed E-state index contributed by atoms with van der Waals surface area (Å²) >= 11 is 0. The summed E-state index contributed by atoms with van der Waals surface area (Å²) in [6.45, 7) is 1.20. The topological polar surface area (TPSA) is 12.5 Å². The first-order chi connectivity index (χ1) is 4.92. The summed E-state index contributed by atoms with van der Waals surface area (Å²) in [4.78, 5) is 2.38. The second-order valence-electron chi connectivity index (χ2n) is 2.97. The van der Waals surface area contributed by atoms with Crippen molar-refractivity contribution in [3.63, 3.8) is 0 Å². The molecule has 2 heterocycles. The van der Waals surface area contributed by atoms with Crippen LogP contribution in [0.4, 0.5) is 0 Å². The molecule has 2 aliphatic heterocycles. The quantitative estimate of drug-likeness (QED) is 0.543. The van der Waals surface area contributed by atoms with Gasteiger partial charge in [-0.3, -0.25) is 0 Å². The van der Waals surface area contributed by atoms with Gasteiger partial charge in [-0.25, -0.2) is 0 Å². The van der Waals surface area contributed by atoms with Gasteiger partial charge in [-0.2, -0.15) is 0 Å². The third-order valence-electron chi connectivity index (χ3n) is 2.43. The van der Waals surface area contributed by atoms with E-state index in [9.17, 15) is 0 Å². The lowest BCUT2D eigenvalue weighted by Gasteiger charge is -2.20. The number of rotatable bonds is 1. The van der Waals surface area contributed by atoms with Gasteiger partial charge in [0.05, 0.1) is 7.11 Å². The maximum absolute atomic E-state index is 5.21. The minimum Gasteiger partial charge on any atom is -0.483 e. The number of methoxy groups -OCH3 is 1. The molecule has 0 N–H and O–H groups in total. The molecular formula is C8H13NO. The van der Waals surface area contributed by atoms with Gasteiger partial charge < -0.3 is 9.64 Å². The molecule has 1 atom stereocenters. The molecule has 0 saturated carbocycles. The monoisotopic (exact) mass is 139 g/mol. The third kappa shape index (κ3) is 0.713. The minimum absolute atomic E-state index is 0.773. The van der Waals surface area contributed by atoms with E-state index >= 15 is 0 Å².